The molecule has 0 atom stereocenters. The van der Waals surface area contributed by atoms with Crippen molar-refractivity contribution in [1.82, 2.24) is 0 Å². The van der Waals surface area contributed by atoms with E-state index in [1.165, 1.54) is 9.79 Å². The molecule has 3 aromatic carbocycles. The zero-order valence-electron chi connectivity index (χ0n) is 14.7. The van der Waals surface area contributed by atoms with Crippen molar-refractivity contribution >= 4 is 61.6 Å². The molecule has 0 N–H and O–H groups in total. The molecule has 0 aromatic heterocycles. The van der Waals surface area contributed by atoms with Gasteiger partial charge in [-0.2, -0.15) is 0 Å². The van der Waals surface area contributed by atoms with E-state index >= 15 is 0 Å². The Morgan fingerprint density at radius 3 is 2.33 bits per heavy atom. The summed E-state index contributed by atoms with van der Waals surface area (Å²) in [5.41, 5.74) is 4.05. The Morgan fingerprint density at radius 1 is 0.815 bits per heavy atom. The largest absolute Gasteiger partial charge is 0.250 e. The lowest BCUT2D eigenvalue weighted by atomic mass is 10.1. The van der Waals surface area contributed by atoms with Crippen LogP contribution in [0.1, 0.15) is 12.0 Å². The van der Waals surface area contributed by atoms with Crippen molar-refractivity contribution in [1.29, 1.82) is 0 Å². The lowest BCUT2D eigenvalue weighted by molar-refractivity contribution is 1.36. The minimum atomic E-state index is 0.749. The second-order valence-electron chi connectivity index (χ2n) is 6.02. The summed E-state index contributed by atoms with van der Waals surface area (Å²) >= 11 is 6.94. The first kappa shape index (κ1) is 18.5. The number of thioether (sulfide) groups is 1. The lowest BCUT2D eigenvalue weighted by Crippen LogP contribution is -2.05. The van der Waals surface area contributed by atoms with Gasteiger partial charge in [-0.15, -0.1) is 11.8 Å². The van der Waals surface area contributed by atoms with E-state index in [4.69, 9.17) is 9.98 Å². The number of hydrogen-bond donors (Lipinski definition) is 0. The Balaban J connectivity index is 1.74. The van der Waals surface area contributed by atoms with Crippen molar-refractivity contribution < 1.29 is 0 Å². The summed E-state index contributed by atoms with van der Waals surface area (Å²) in [6.45, 7) is 0. The molecule has 0 aliphatic carbocycles. The van der Waals surface area contributed by atoms with Gasteiger partial charge >= 0.3 is 0 Å². The minimum absolute atomic E-state index is 0.749. The summed E-state index contributed by atoms with van der Waals surface area (Å²) in [5.74, 6) is 0. The zero-order valence-corrected chi connectivity index (χ0v) is 17.9. The molecule has 0 unspecified atom stereocenters. The molecule has 4 rings (SSSR count). The van der Waals surface area contributed by atoms with Crippen LogP contribution in [0.4, 0.5) is 11.4 Å². The van der Waals surface area contributed by atoms with E-state index in [1.54, 1.807) is 23.5 Å². The molecule has 2 nitrogen and oxygen atoms in total. The van der Waals surface area contributed by atoms with Crippen molar-refractivity contribution in [3.05, 3.63) is 82.8 Å². The van der Waals surface area contributed by atoms with Crippen LogP contribution in [0.3, 0.4) is 0 Å². The van der Waals surface area contributed by atoms with E-state index in [0.717, 1.165) is 38.6 Å². The molecule has 1 aliphatic rings. The molecule has 0 bridgehead atoms. The number of benzene rings is 3. The van der Waals surface area contributed by atoms with Gasteiger partial charge < -0.3 is 0 Å². The van der Waals surface area contributed by atoms with Crippen LogP contribution in [0.15, 0.2) is 97.0 Å². The van der Waals surface area contributed by atoms with E-state index < -0.39 is 0 Å². The molecular weight excluding hydrogens is 436 g/mol. The molecule has 1 aliphatic heterocycles. The molecule has 3 aromatic rings. The van der Waals surface area contributed by atoms with Crippen LogP contribution >= 0.6 is 39.5 Å². The van der Waals surface area contributed by atoms with E-state index in [2.05, 4.69) is 88.9 Å². The molecule has 0 saturated carbocycles. The number of hydrogen-bond acceptors (Lipinski definition) is 4. The maximum atomic E-state index is 5.00. The summed E-state index contributed by atoms with van der Waals surface area (Å²) in [5, 5.41) is 1.08. The van der Waals surface area contributed by atoms with Crippen LogP contribution in [0.2, 0.25) is 0 Å². The Labute approximate surface area is 176 Å². The minimum Gasteiger partial charge on any atom is -0.250 e. The predicted molar refractivity (Wildman–Crippen MR) is 123 cm³/mol. The van der Waals surface area contributed by atoms with Crippen LogP contribution in [-0.4, -0.2) is 17.0 Å². The van der Waals surface area contributed by atoms with E-state index in [0.29, 0.717) is 0 Å². The highest BCUT2D eigenvalue weighted by atomic mass is 79.9. The van der Waals surface area contributed by atoms with Crippen LogP contribution in [0.25, 0.3) is 0 Å². The number of fused-ring (bicyclic) bond motifs is 1. The summed E-state index contributed by atoms with van der Waals surface area (Å²) in [4.78, 5) is 12.2. The van der Waals surface area contributed by atoms with Gasteiger partial charge in [0.15, 0.2) is 0 Å². The van der Waals surface area contributed by atoms with Gasteiger partial charge in [-0.3, -0.25) is 4.99 Å². The van der Waals surface area contributed by atoms with E-state index in [9.17, 15) is 0 Å². The molecule has 5 heteroatoms. The van der Waals surface area contributed by atoms with Crippen molar-refractivity contribution in [2.75, 3.05) is 6.26 Å². The Bertz CT molecular complexity index is 1010. The van der Waals surface area contributed by atoms with Gasteiger partial charge in [0, 0.05) is 20.7 Å². The predicted octanol–water partition coefficient (Wildman–Crippen LogP) is 7.52. The van der Waals surface area contributed by atoms with Gasteiger partial charge in [0.2, 0.25) is 0 Å². The third-order valence-corrected chi connectivity index (χ3v) is 6.39. The van der Waals surface area contributed by atoms with E-state index in [-0.39, 0.29) is 0 Å². The Kier molecular flexibility index (Phi) is 5.81. The van der Waals surface area contributed by atoms with Crippen LogP contribution in [0.5, 0.6) is 0 Å². The first-order valence-corrected chi connectivity index (χ1v) is 11.4. The quantitative estimate of drug-likeness (QED) is 0.410. The van der Waals surface area contributed by atoms with Crippen LogP contribution < -0.4 is 0 Å². The summed E-state index contributed by atoms with van der Waals surface area (Å²) in [6.07, 6.45) is 2.82. The highest BCUT2D eigenvalue weighted by molar-refractivity contribution is 9.10. The van der Waals surface area contributed by atoms with Gasteiger partial charge in [-0.1, -0.05) is 58.0 Å². The third-order valence-electron chi connectivity index (χ3n) is 4.16. The lowest BCUT2D eigenvalue weighted by Gasteiger charge is -2.07. The second-order valence-corrected chi connectivity index (χ2v) is 8.96. The highest BCUT2D eigenvalue weighted by Gasteiger charge is 2.15. The Morgan fingerprint density at radius 2 is 1.59 bits per heavy atom. The Hall–Kier alpha value is -1.82. The third kappa shape index (κ3) is 4.54. The van der Waals surface area contributed by atoms with Crippen molar-refractivity contribution in [3.8, 4) is 0 Å². The topological polar surface area (TPSA) is 24.7 Å². The van der Waals surface area contributed by atoms with E-state index in [1.807, 2.05) is 6.07 Å². The molecule has 0 amide bonds. The molecule has 0 fully saturated rings. The van der Waals surface area contributed by atoms with Crippen molar-refractivity contribution in [3.63, 3.8) is 0 Å². The zero-order chi connectivity index (χ0) is 18.6. The van der Waals surface area contributed by atoms with Gasteiger partial charge in [0.05, 0.1) is 22.1 Å². The summed E-state index contributed by atoms with van der Waals surface area (Å²) < 4.78 is 1.07. The summed E-state index contributed by atoms with van der Waals surface area (Å²) in [7, 11) is 0. The number of rotatable bonds is 3. The maximum absolute atomic E-state index is 5.00. The first-order valence-electron chi connectivity index (χ1n) is 8.53. The number of aliphatic imine (C=N–C) groups is 2. The van der Waals surface area contributed by atoms with Gasteiger partial charge in [-0.05, 0) is 54.3 Å². The smallest absolute Gasteiger partial charge is 0.0901 e. The normalized spacial score (nSPS) is 13.4. The monoisotopic (exact) mass is 452 g/mol. The molecule has 27 heavy (non-hydrogen) atoms. The van der Waals surface area contributed by atoms with Crippen molar-refractivity contribution in [2.45, 2.75) is 16.2 Å². The fourth-order valence-corrected chi connectivity index (χ4v) is 4.41. The van der Waals surface area contributed by atoms with Crippen molar-refractivity contribution in [2.24, 2.45) is 9.98 Å². The highest BCUT2D eigenvalue weighted by Crippen LogP contribution is 2.38. The van der Waals surface area contributed by atoms with Gasteiger partial charge in [-0.25, -0.2) is 4.99 Å². The number of halogens is 1. The maximum Gasteiger partial charge on any atom is 0.0901 e. The SMILES string of the molecule is CSC1=Nc2ccc(Sc3ccccc3)cc2N=C(c2ccc(Br)cc2)C1. The fourth-order valence-electron chi connectivity index (χ4n) is 2.80. The standard InChI is InChI=1S/C22H17BrN2S2/c1-26-22-14-20(15-7-9-16(23)10-8-15)24-21-13-18(11-12-19(21)25-22)27-17-5-3-2-4-6-17/h2-13H,14H2,1H3. The first-order chi connectivity index (χ1) is 13.2. The van der Waals surface area contributed by atoms with Crippen LogP contribution in [0, 0.1) is 0 Å². The average molecular weight is 453 g/mol. The molecular formula is C22H17BrN2S2. The average Bonchev–Trinajstić information content (AvgIpc) is 2.88. The summed E-state index contributed by atoms with van der Waals surface area (Å²) in [6, 6.07) is 25.1. The van der Waals surface area contributed by atoms with Gasteiger partial charge in [0.25, 0.3) is 0 Å². The molecule has 0 spiro atoms. The molecule has 0 radical (unpaired) electrons. The molecule has 1 heterocycles. The number of nitrogens with zero attached hydrogens (tertiary/aromatic N) is 2. The fraction of sp³-hybridized carbons (Fsp3) is 0.0909. The second kappa shape index (κ2) is 8.46. The molecule has 0 saturated heterocycles. The molecule has 134 valence electrons. The van der Waals surface area contributed by atoms with Crippen LogP contribution in [-0.2, 0) is 0 Å². The van der Waals surface area contributed by atoms with Gasteiger partial charge in [0.1, 0.15) is 0 Å².